The highest BCUT2D eigenvalue weighted by atomic mass is 16.6. The average molecular weight is 167 g/mol. The van der Waals surface area contributed by atoms with E-state index in [2.05, 4.69) is 25.4 Å². The van der Waals surface area contributed by atoms with Crippen LogP contribution >= 0.6 is 0 Å². The lowest BCUT2D eigenvalue weighted by molar-refractivity contribution is 0.127. The zero-order valence-corrected chi connectivity index (χ0v) is 8.05. The lowest BCUT2D eigenvalue weighted by atomic mass is 9.88. The van der Waals surface area contributed by atoms with Crippen molar-refractivity contribution in [3.05, 3.63) is 23.4 Å². The number of hydrogen-bond donors (Lipinski definition) is 1. The molecule has 0 saturated heterocycles. The Balaban J connectivity index is 2.58. The molecule has 0 aromatic heterocycles. The van der Waals surface area contributed by atoms with E-state index in [1.807, 2.05) is 6.20 Å². The molecule has 0 radical (unpaired) electrons. The Morgan fingerprint density at radius 1 is 1.58 bits per heavy atom. The molecule has 0 aromatic carbocycles. The fraction of sp³-hybridized carbons (Fsp3) is 0.600. The molecule has 0 saturated carbocycles. The van der Waals surface area contributed by atoms with E-state index in [9.17, 15) is 0 Å². The molecule has 0 amide bonds. The molecule has 1 unspecified atom stereocenters. The Labute approximate surface area is 74.3 Å². The summed E-state index contributed by atoms with van der Waals surface area (Å²) >= 11 is 0. The third-order valence-corrected chi connectivity index (χ3v) is 2.29. The van der Waals surface area contributed by atoms with Crippen molar-refractivity contribution >= 4 is 0 Å². The number of rotatable bonds is 2. The van der Waals surface area contributed by atoms with Crippen LogP contribution in [0.3, 0.4) is 0 Å². The molecule has 0 aromatic rings. The van der Waals surface area contributed by atoms with E-state index < -0.39 is 0 Å². The van der Waals surface area contributed by atoms with E-state index in [0.29, 0.717) is 5.92 Å². The molecule has 0 bridgehead atoms. The van der Waals surface area contributed by atoms with E-state index in [0.717, 1.165) is 6.42 Å². The van der Waals surface area contributed by atoms with Gasteiger partial charge in [-0.2, -0.15) is 0 Å². The molecule has 0 heterocycles. The van der Waals surface area contributed by atoms with Crippen molar-refractivity contribution in [3.8, 4) is 0 Å². The normalized spacial score (nSPS) is 27.1. The molecule has 1 atom stereocenters. The second-order valence-electron chi connectivity index (χ2n) is 3.34. The third kappa shape index (κ3) is 2.38. The van der Waals surface area contributed by atoms with Gasteiger partial charge >= 0.3 is 0 Å². The highest BCUT2D eigenvalue weighted by Crippen LogP contribution is 2.26. The molecular weight excluding hydrogens is 150 g/mol. The van der Waals surface area contributed by atoms with Gasteiger partial charge in [0.2, 0.25) is 0 Å². The van der Waals surface area contributed by atoms with Crippen LogP contribution in [-0.2, 0) is 4.84 Å². The number of allylic oxidation sites excluding steroid dienone is 3. The lowest BCUT2D eigenvalue weighted by Crippen LogP contribution is -2.09. The Kier molecular flexibility index (Phi) is 3.35. The molecule has 0 spiro atoms. The lowest BCUT2D eigenvalue weighted by Gasteiger charge is -2.19. The summed E-state index contributed by atoms with van der Waals surface area (Å²) in [6.45, 7) is 4.41. The van der Waals surface area contributed by atoms with Gasteiger partial charge in [0.25, 0.3) is 0 Å². The maximum absolute atomic E-state index is 4.77. The molecule has 0 aliphatic heterocycles. The quantitative estimate of drug-likeness (QED) is 0.503. The van der Waals surface area contributed by atoms with Crippen LogP contribution in [0.5, 0.6) is 0 Å². The second-order valence-corrected chi connectivity index (χ2v) is 3.34. The Morgan fingerprint density at radius 2 is 2.33 bits per heavy atom. The molecule has 0 fully saturated rings. The van der Waals surface area contributed by atoms with Crippen molar-refractivity contribution in [1.82, 2.24) is 5.48 Å². The first-order valence-electron chi connectivity index (χ1n) is 4.38. The molecule has 2 heteroatoms. The molecule has 1 rings (SSSR count). The summed E-state index contributed by atoms with van der Waals surface area (Å²) in [5.41, 5.74) is 5.69. The van der Waals surface area contributed by atoms with Crippen LogP contribution in [0.1, 0.15) is 26.7 Å². The minimum Gasteiger partial charge on any atom is -0.280 e. The predicted molar refractivity (Wildman–Crippen MR) is 50.4 cm³/mol. The molecule has 12 heavy (non-hydrogen) atoms. The fourth-order valence-electron chi connectivity index (χ4n) is 1.52. The zero-order chi connectivity index (χ0) is 8.97. The fourth-order valence-corrected chi connectivity index (χ4v) is 1.52. The van der Waals surface area contributed by atoms with Gasteiger partial charge in [0, 0.05) is 6.20 Å². The van der Waals surface area contributed by atoms with Gasteiger partial charge in [-0.05, 0) is 31.3 Å². The van der Waals surface area contributed by atoms with Crippen LogP contribution in [0.15, 0.2) is 23.4 Å². The van der Waals surface area contributed by atoms with Crippen LogP contribution in [0, 0.1) is 5.92 Å². The van der Waals surface area contributed by atoms with Crippen LogP contribution in [0.2, 0.25) is 0 Å². The van der Waals surface area contributed by atoms with E-state index in [-0.39, 0.29) is 0 Å². The van der Waals surface area contributed by atoms with Crippen molar-refractivity contribution in [2.24, 2.45) is 5.92 Å². The van der Waals surface area contributed by atoms with E-state index in [4.69, 9.17) is 4.84 Å². The monoisotopic (exact) mass is 167 g/mol. The summed E-state index contributed by atoms with van der Waals surface area (Å²) in [6.07, 6.45) is 6.61. The third-order valence-electron chi connectivity index (χ3n) is 2.29. The Hall–Kier alpha value is -0.760. The van der Waals surface area contributed by atoms with E-state index in [1.165, 1.54) is 17.6 Å². The first-order valence-corrected chi connectivity index (χ1v) is 4.38. The number of nitrogens with one attached hydrogen (secondary N) is 1. The summed E-state index contributed by atoms with van der Waals surface area (Å²) in [4.78, 5) is 4.77. The van der Waals surface area contributed by atoms with Gasteiger partial charge in [-0.3, -0.25) is 10.3 Å². The average Bonchev–Trinajstić information content (AvgIpc) is 2.03. The molecule has 1 aliphatic rings. The minimum atomic E-state index is 0.557. The maximum atomic E-state index is 4.77. The minimum absolute atomic E-state index is 0.557. The summed E-state index contributed by atoms with van der Waals surface area (Å²) in [5, 5.41) is 0. The van der Waals surface area contributed by atoms with Crippen LogP contribution in [-0.4, -0.2) is 7.11 Å². The second kappa shape index (κ2) is 4.31. The molecule has 68 valence electrons. The van der Waals surface area contributed by atoms with Gasteiger partial charge in [-0.25, -0.2) is 0 Å². The summed E-state index contributed by atoms with van der Waals surface area (Å²) in [6, 6.07) is 0. The highest BCUT2D eigenvalue weighted by molar-refractivity contribution is 5.20. The highest BCUT2D eigenvalue weighted by Gasteiger charge is 2.11. The van der Waals surface area contributed by atoms with Gasteiger partial charge in [0.05, 0.1) is 7.11 Å². The van der Waals surface area contributed by atoms with Crippen molar-refractivity contribution in [2.45, 2.75) is 26.7 Å². The Morgan fingerprint density at radius 3 is 2.92 bits per heavy atom. The number of hydrogen-bond acceptors (Lipinski definition) is 2. The Bertz CT molecular complexity index is 206. The largest absolute Gasteiger partial charge is 0.280 e. The molecule has 1 N–H and O–H groups in total. The topological polar surface area (TPSA) is 21.3 Å². The first-order chi connectivity index (χ1) is 5.74. The summed E-state index contributed by atoms with van der Waals surface area (Å²) < 4.78 is 0. The van der Waals surface area contributed by atoms with E-state index >= 15 is 0 Å². The first kappa shape index (κ1) is 9.33. The van der Waals surface area contributed by atoms with Crippen molar-refractivity contribution in [2.75, 3.05) is 7.11 Å². The van der Waals surface area contributed by atoms with Crippen molar-refractivity contribution < 1.29 is 4.84 Å². The van der Waals surface area contributed by atoms with Gasteiger partial charge in [0.1, 0.15) is 0 Å². The van der Waals surface area contributed by atoms with Gasteiger partial charge < -0.3 is 0 Å². The van der Waals surface area contributed by atoms with Gasteiger partial charge in [0.15, 0.2) is 0 Å². The smallest absolute Gasteiger partial charge is 0.0636 e. The standard InChI is InChI=1S/C10H17NO/c1-8-4-5-10(7-11-12-3)9(2)6-8/h6-7,9,11H,4-5H2,1-3H3. The molecular formula is C10H17NO. The van der Waals surface area contributed by atoms with Crippen LogP contribution in [0.25, 0.3) is 0 Å². The zero-order valence-electron chi connectivity index (χ0n) is 8.05. The summed E-state index contributed by atoms with van der Waals surface area (Å²) in [7, 11) is 1.63. The van der Waals surface area contributed by atoms with Crippen LogP contribution < -0.4 is 5.48 Å². The van der Waals surface area contributed by atoms with Crippen molar-refractivity contribution in [3.63, 3.8) is 0 Å². The predicted octanol–water partition coefficient (Wildman–Crippen LogP) is 2.40. The van der Waals surface area contributed by atoms with Gasteiger partial charge in [-0.15, -0.1) is 0 Å². The summed E-state index contributed by atoms with van der Waals surface area (Å²) in [5.74, 6) is 0.557. The van der Waals surface area contributed by atoms with Crippen molar-refractivity contribution in [1.29, 1.82) is 0 Å². The molecule has 1 aliphatic carbocycles. The van der Waals surface area contributed by atoms with E-state index in [1.54, 1.807) is 7.11 Å². The maximum Gasteiger partial charge on any atom is 0.0636 e. The van der Waals surface area contributed by atoms with Crippen LogP contribution in [0.4, 0.5) is 0 Å². The van der Waals surface area contributed by atoms with Gasteiger partial charge in [-0.1, -0.05) is 18.6 Å². The number of hydroxylamine groups is 1. The SMILES string of the molecule is CONC=C1CCC(C)=CC1C. The molecule has 2 nitrogen and oxygen atoms in total.